The third-order valence-corrected chi connectivity index (χ3v) is 4.47. The number of nitrogens with zero attached hydrogens (tertiary/aromatic N) is 2. The van der Waals surface area contributed by atoms with Crippen LogP contribution in [0.3, 0.4) is 0 Å². The number of nitrogens with two attached hydrogens (primary N) is 1. The van der Waals surface area contributed by atoms with Gasteiger partial charge in [0.1, 0.15) is 0 Å². The van der Waals surface area contributed by atoms with Crippen molar-refractivity contribution in [1.82, 2.24) is 4.98 Å². The zero-order chi connectivity index (χ0) is 13.7. The zero-order valence-electron chi connectivity index (χ0n) is 12.4. The minimum atomic E-state index is 0.587. The lowest BCUT2D eigenvalue weighted by molar-refractivity contribution is 0.506. The van der Waals surface area contributed by atoms with Crippen LogP contribution < -0.4 is 10.6 Å². The van der Waals surface area contributed by atoms with Crippen LogP contribution in [0.15, 0.2) is 0 Å². The topological polar surface area (TPSA) is 42.2 Å². The van der Waals surface area contributed by atoms with Crippen LogP contribution in [-0.2, 0) is 6.54 Å². The molecule has 3 nitrogen and oxygen atoms in total. The molecule has 0 aliphatic carbocycles. The first kappa shape index (κ1) is 15.4. The van der Waals surface area contributed by atoms with E-state index in [1.165, 1.54) is 17.7 Å². The van der Waals surface area contributed by atoms with E-state index in [1.54, 1.807) is 11.3 Å². The van der Waals surface area contributed by atoms with E-state index >= 15 is 0 Å². The van der Waals surface area contributed by atoms with Gasteiger partial charge in [0.25, 0.3) is 0 Å². The molecule has 0 amide bonds. The highest BCUT2D eigenvalue weighted by Gasteiger charge is 2.20. The van der Waals surface area contributed by atoms with Crippen molar-refractivity contribution in [1.29, 1.82) is 0 Å². The minimum absolute atomic E-state index is 0.587. The predicted molar refractivity (Wildman–Crippen MR) is 81.3 cm³/mol. The zero-order valence-corrected chi connectivity index (χ0v) is 13.2. The van der Waals surface area contributed by atoms with Gasteiger partial charge in [-0.2, -0.15) is 0 Å². The van der Waals surface area contributed by atoms with Crippen LogP contribution in [0, 0.1) is 12.8 Å². The van der Waals surface area contributed by atoms with E-state index in [9.17, 15) is 0 Å². The van der Waals surface area contributed by atoms with Crippen LogP contribution in [0.1, 0.15) is 51.1 Å². The molecule has 1 aromatic heterocycles. The molecule has 4 heteroatoms. The third kappa shape index (κ3) is 3.69. The van der Waals surface area contributed by atoms with E-state index in [1.807, 2.05) is 0 Å². The van der Waals surface area contributed by atoms with Gasteiger partial charge in [-0.15, -0.1) is 11.3 Å². The van der Waals surface area contributed by atoms with Gasteiger partial charge in [-0.25, -0.2) is 4.98 Å². The van der Waals surface area contributed by atoms with Crippen LogP contribution in [0.4, 0.5) is 5.13 Å². The lowest BCUT2D eigenvalue weighted by Crippen LogP contribution is -2.37. The molecule has 0 unspecified atom stereocenters. The standard InChI is InChI=1S/C14H27N3S/c1-6-12(7-2)17(9-10(3)4)14-16-11(5)13(8-15)18-14/h10,12H,6-9,15H2,1-5H3. The molecule has 0 spiro atoms. The molecule has 1 aromatic rings. The first-order valence-electron chi connectivity index (χ1n) is 6.96. The van der Waals surface area contributed by atoms with Gasteiger partial charge in [0.05, 0.1) is 5.69 Å². The van der Waals surface area contributed by atoms with Gasteiger partial charge in [0.15, 0.2) is 5.13 Å². The average molecular weight is 269 g/mol. The van der Waals surface area contributed by atoms with Crippen molar-refractivity contribution in [2.24, 2.45) is 11.7 Å². The van der Waals surface area contributed by atoms with Crippen LogP contribution in [-0.4, -0.2) is 17.6 Å². The van der Waals surface area contributed by atoms with E-state index in [0.717, 1.165) is 17.4 Å². The van der Waals surface area contributed by atoms with Crippen molar-refractivity contribution < 1.29 is 0 Å². The Balaban J connectivity index is 3.00. The number of aromatic nitrogens is 1. The van der Waals surface area contributed by atoms with Crippen LogP contribution >= 0.6 is 11.3 Å². The summed E-state index contributed by atoms with van der Waals surface area (Å²) in [5, 5.41) is 1.15. The Morgan fingerprint density at radius 3 is 2.28 bits per heavy atom. The number of aryl methyl sites for hydroxylation is 1. The first-order chi connectivity index (χ1) is 8.53. The number of rotatable bonds is 7. The molecular formula is C14H27N3S. The smallest absolute Gasteiger partial charge is 0.186 e. The van der Waals surface area contributed by atoms with E-state index in [4.69, 9.17) is 10.7 Å². The molecule has 18 heavy (non-hydrogen) atoms. The van der Waals surface area contributed by atoms with Crippen molar-refractivity contribution in [3.05, 3.63) is 10.6 Å². The van der Waals surface area contributed by atoms with Gasteiger partial charge in [-0.05, 0) is 25.7 Å². The highest BCUT2D eigenvalue weighted by molar-refractivity contribution is 7.15. The lowest BCUT2D eigenvalue weighted by atomic mass is 10.1. The summed E-state index contributed by atoms with van der Waals surface area (Å²) in [7, 11) is 0. The fourth-order valence-corrected chi connectivity index (χ4v) is 3.25. The Labute approximate surface area is 115 Å². The summed E-state index contributed by atoms with van der Waals surface area (Å²) in [6.07, 6.45) is 2.33. The molecule has 104 valence electrons. The Morgan fingerprint density at radius 1 is 1.28 bits per heavy atom. The van der Waals surface area contributed by atoms with Crippen LogP contribution in [0.5, 0.6) is 0 Å². The second-order valence-electron chi connectivity index (χ2n) is 5.23. The van der Waals surface area contributed by atoms with Gasteiger partial charge in [-0.1, -0.05) is 27.7 Å². The average Bonchev–Trinajstić information content (AvgIpc) is 2.70. The Bertz CT molecular complexity index is 356. The Hall–Kier alpha value is -0.610. The summed E-state index contributed by atoms with van der Waals surface area (Å²) >= 11 is 1.76. The second-order valence-corrected chi connectivity index (χ2v) is 6.29. The van der Waals surface area contributed by atoms with Crippen molar-refractivity contribution in [2.75, 3.05) is 11.4 Å². The maximum Gasteiger partial charge on any atom is 0.186 e. The second kappa shape index (κ2) is 7.10. The van der Waals surface area contributed by atoms with Gasteiger partial charge in [0, 0.05) is 24.0 Å². The van der Waals surface area contributed by atoms with Crippen LogP contribution in [0.25, 0.3) is 0 Å². The Kier molecular flexibility index (Phi) is 6.09. The summed E-state index contributed by atoms with van der Waals surface area (Å²) in [5.74, 6) is 0.649. The van der Waals surface area contributed by atoms with Crippen molar-refractivity contribution in [3.8, 4) is 0 Å². The number of hydrogen-bond donors (Lipinski definition) is 1. The lowest BCUT2D eigenvalue weighted by Gasteiger charge is -2.31. The summed E-state index contributed by atoms with van der Waals surface area (Å²) in [4.78, 5) is 8.40. The van der Waals surface area contributed by atoms with E-state index in [0.29, 0.717) is 18.5 Å². The van der Waals surface area contributed by atoms with E-state index in [2.05, 4.69) is 39.5 Å². The highest BCUT2D eigenvalue weighted by Crippen LogP contribution is 2.29. The molecule has 0 saturated heterocycles. The van der Waals surface area contributed by atoms with Crippen molar-refractivity contribution in [2.45, 2.75) is 60.0 Å². The predicted octanol–water partition coefficient (Wildman–Crippen LogP) is 3.56. The third-order valence-electron chi connectivity index (χ3n) is 3.26. The molecule has 0 saturated carbocycles. The van der Waals surface area contributed by atoms with Gasteiger partial charge >= 0.3 is 0 Å². The van der Waals surface area contributed by atoms with Crippen LogP contribution in [0.2, 0.25) is 0 Å². The van der Waals surface area contributed by atoms with Gasteiger partial charge in [0.2, 0.25) is 0 Å². The molecule has 2 N–H and O–H groups in total. The first-order valence-corrected chi connectivity index (χ1v) is 7.78. The number of hydrogen-bond acceptors (Lipinski definition) is 4. The maximum absolute atomic E-state index is 5.76. The molecule has 0 fully saturated rings. The summed E-state index contributed by atoms with van der Waals surface area (Å²) in [5.41, 5.74) is 6.85. The molecule has 0 aliphatic rings. The minimum Gasteiger partial charge on any atom is -0.345 e. The van der Waals surface area contributed by atoms with E-state index in [-0.39, 0.29) is 0 Å². The largest absolute Gasteiger partial charge is 0.345 e. The van der Waals surface area contributed by atoms with Crippen molar-refractivity contribution >= 4 is 16.5 Å². The maximum atomic E-state index is 5.76. The van der Waals surface area contributed by atoms with Gasteiger partial charge < -0.3 is 10.6 Å². The molecule has 1 rings (SSSR count). The quantitative estimate of drug-likeness (QED) is 0.823. The molecular weight excluding hydrogens is 242 g/mol. The fourth-order valence-electron chi connectivity index (χ4n) is 2.23. The number of anilines is 1. The summed E-state index contributed by atoms with van der Waals surface area (Å²) < 4.78 is 0. The summed E-state index contributed by atoms with van der Waals surface area (Å²) in [6.45, 7) is 12.8. The fraction of sp³-hybridized carbons (Fsp3) is 0.786. The number of thiazole rings is 1. The highest BCUT2D eigenvalue weighted by atomic mass is 32.1. The van der Waals surface area contributed by atoms with Gasteiger partial charge in [-0.3, -0.25) is 0 Å². The van der Waals surface area contributed by atoms with E-state index < -0.39 is 0 Å². The summed E-state index contributed by atoms with van der Waals surface area (Å²) in [6, 6.07) is 0.587. The molecule has 1 heterocycles. The molecule has 0 radical (unpaired) electrons. The molecule has 0 aliphatic heterocycles. The van der Waals surface area contributed by atoms with Crippen molar-refractivity contribution in [3.63, 3.8) is 0 Å². The molecule has 0 atom stereocenters. The monoisotopic (exact) mass is 269 g/mol. The Morgan fingerprint density at radius 2 is 1.89 bits per heavy atom. The normalized spacial score (nSPS) is 11.6. The SMILES string of the molecule is CCC(CC)N(CC(C)C)c1nc(C)c(CN)s1. The molecule has 0 bridgehead atoms. The molecule has 0 aromatic carbocycles.